The largest absolute Gasteiger partial charge is 0.462 e. The second kappa shape index (κ2) is 4.84. The standard InChI is InChI=1S/C14H13NO2/c1-2-17-14(16)13-11(9-15)8-7-10-5-3-4-6-12(10)13/h3-6H,2,7-8H2,1H3. The molecule has 1 aliphatic carbocycles. The molecule has 2 rings (SSSR count). The third kappa shape index (κ3) is 2.07. The molecular formula is C14H13NO2. The third-order valence-corrected chi connectivity index (χ3v) is 2.85. The van der Waals surface area contributed by atoms with Gasteiger partial charge in [0, 0.05) is 5.57 Å². The fraction of sp³-hybridized carbons (Fsp3) is 0.286. The summed E-state index contributed by atoms with van der Waals surface area (Å²) in [5, 5.41) is 9.09. The summed E-state index contributed by atoms with van der Waals surface area (Å²) in [5.41, 5.74) is 2.92. The number of carbonyl (C=O) groups excluding carboxylic acids is 1. The zero-order chi connectivity index (χ0) is 12.3. The highest BCUT2D eigenvalue weighted by molar-refractivity contribution is 6.19. The number of allylic oxidation sites excluding steroid dienone is 1. The minimum atomic E-state index is -0.392. The second-order valence-electron chi connectivity index (χ2n) is 3.84. The fourth-order valence-electron chi connectivity index (χ4n) is 2.08. The number of nitriles is 1. The molecule has 86 valence electrons. The molecule has 1 aliphatic rings. The number of rotatable bonds is 2. The van der Waals surface area contributed by atoms with Crippen molar-refractivity contribution in [3.8, 4) is 6.07 Å². The molecule has 0 radical (unpaired) electrons. The number of fused-ring (bicyclic) bond motifs is 1. The molecule has 0 spiro atoms. The van der Waals surface area contributed by atoms with E-state index in [4.69, 9.17) is 10.00 Å². The van der Waals surface area contributed by atoms with Gasteiger partial charge in [-0.15, -0.1) is 0 Å². The molecule has 3 nitrogen and oxygen atoms in total. The highest BCUT2D eigenvalue weighted by Crippen LogP contribution is 2.31. The van der Waals surface area contributed by atoms with Crippen LogP contribution in [0, 0.1) is 11.3 Å². The van der Waals surface area contributed by atoms with Crippen LogP contribution in [0.2, 0.25) is 0 Å². The minimum Gasteiger partial charge on any atom is -0.462 e. The molecule has 17 heavy (non-hydrogen) atoms. The Hall–Kier alpha value is -2.08. The Kier molecular flexibility index (Phi) is 3.24. The lowest BCUT2D eigenvalue weighted by molar-refractivity contribution is -0.136. The van der Waals surface area contributed by atoms with E-state index in [0.717, 1.165) is 17.5 Å². The monoisotopic (exact) mass is 227 g/mol. The van der Waals surface area contributed by atoms with Crippen molar-refractivity contribution in [3.63, 3.8) is 0 Å². The Morgan fingerprint density at radius 3 is 2.88 bits per heavy atom. The van der Waals surface area contributed by atoms with E-state index in [1.807, 2.05) is 24.3 Å². The van der Waals surface area contributed by atoms with Crippen LogP contribution in [-0.4, -0.2) is 12.6 Å². The van der Waals surface area contributed by atoms with Gasteiger partial charge in [0.1, 0.15) is 0 Å². The number of carbonyl (C=O) groups is 1. The van der Waals surface area contributed by atoms with E-state index < -0.39 is 5.97 Å². The van der Waals surface area contributed by atoms with Crippen LogP contribution in [0.25, 0.3) is 5.57 Å². The summed E-state index contributed by atoms with van der Waals surface area (Å²) < 4.78 is 5.02. The topological polar surface area (TPSA) is 50.1 Å². The third-order valence-electron chi connectivity index (χ3n) is 2.85. The van der Waals surface area contributed by atoms with Gasteiger partial charge in [-0.05, 0) is 30.9 Å². The Labute approximate surface area is 100 Å². The maximum absolute atomic E-state index is 11.9. The van der Waals surface area contributed by atoms with Crippen LogP contribution in [0.3, 0.4) is 0 Å². The Morgan fingerprint density at radius 1 is 1.41 bits per heavy atom. The fourth-order valence-corrected chi connectivity index (χ4v) is 2.08. The molecule has 0 heterocycles. The average molecular weight is 227 g/mol. The van der Waals surface area contributed by atoms with Crippen molar-refractivity contribution in [1.29, 1.82) is 5.26 Å². The van der Waals surface area contributed by atoms with Crippen LogP contribution in [-0.2, 0) is 16.0 Å². The van der Waals surface area contributed by atoms with Crippen molar-refractivity contribution in [2.24, 2.45) is 0 Å². The number of aryl methyl sites for hydroxylation is 1. The highest BCUT2D eigenvalue weighted by atomic mass is 16.5. The van der Waals surface area contributed by atoms with Crippen molar-refractivity contribution in [2.75, 3.05) is 6.61 Å². The van der Waals surface area contributed by atoms with E-state index in [9.17, 15) is 4.79 Å². The molecule has 3 heteroatoms. The minimum absolute atomic E-state index is 0.323. The van der Waals surface area contributed by atoms with Crippen molar-refractivity contribution in [2.45, 2.75) is 19.8 Å². The number of hydrogen-bond acceptors (Lipinski definition) is 3. The summed E-state index contributed by atoms with van der Waals surface area (Å²) in [4.78, 5) is 11.9. The lowest BCUT2D eigenvalue weighted by Crippen LogP contribution is -2.14. The van der Waals surface area contributed by atoms with Crippen LogP contribution in [0.15, 0.2) is 29.8 Å². The molecular weight excluding hydrogens is 214 g/mol. The van der Waals surface area contributed by atoms with Crippen LogP contribution < -0.4 is 0 Å². The predicted molar refractivity (Wildman–Crippen MR) is 63.9 cm³/mol. The van der Waals surface area contributed by atoms with Crippen LogP contribution in [0.1, 0.15) is 24.5 Å². The summed E-state index contributed by atoms with van der Waals surface area (Å²) in [7, 11) is 0. The summed E-state index contributed by atoms with van der Waals surface area (Å²) in [5.74, 6) is -0.392. The number of nitrogens with zero attached hydrogens (tertiary/aromatic N) is 1. The molecule has 0 N–H and O–H groups in total. The summed E-state index contributed by atoms with van der Waals surface area (Å²) in [6.45, 7) is 2.09. The van der Waals surface area contributed by atoms with E-state index in [1.165, 1.54) is 0 Å². The Bertz CT molecular complexity index is 523. The molecule has 0 atom stereocenters. The van der Waals surface area contributed by atoms with Gasteiger partial charge in [-0.25, -0.2) is 4.79 Å². The molecule has 0 fully saturated rings. The van der Waals surface area contributed by atoms with Crippen molar-refractivity contribution < 1.29 is 9.53 Å². The summed E-state index contributed by atoms with van der Waals surface area (Å²) >= 11 is 0. The van der Waals surface area contributed by atoms with E-state index in [2.05, 4.69) is 6.07 Å². The van der Waals surface area contributed by atoms with Gasteiger partial charge in [-0.2, -0.15) is 5.26 Å². The molecule has 0 amide bonds. The van der Waals surface area contributed by atoms with Gasteiger partial charge in [0.05, 0.1) is 18.2 Å². The van der Waals surface area contributed by atoms with Crippen LogP contribution >= 0.6 is 0 Å². The molecule has 1 aromatic carbocycles. The van der Waals surface area contributed by atoms with Crippen molar-refractivity contribution in [1.82, 2.24) is 0 Å². The molecule has 0 saturated heterocycles. The van der Waals surface area contributed by atoms with Crippen molar-refractivity contribution in [3.05, 3.63) is 41.0 Å². The molecule has 0 aliphatic heterocycles. The van der Waals surface area contributed by atoms with Gasteiger partial charge in [-0.1, -0.05) is 24.3 Å². The first-order valence-corrected chi connectivity index (χ1v) is 5.66. The lowest BCUT2D eigenvalue weighted by atomic mass is 9.86. The normalized spacial score (nSPS) is 13.9. The van der Waals surface area contributed by atoms with E-state index in [0.29, 0.717) is 24.2 Å². The maximum atomic E-state index is 11.9. The highest BCUT2D eigenvalue weighted by Gasteiger charge is 2.24. The Morgan fingerprint density at radius 2 is 2.18 bits per heavy atom. The Balaban J connectivity index is 2.53. The van der Waals surface area contributed by atoms with Gasteiger partial charge in [0.2, 0.25) is 0 Å². The number of esters is 1. The zero-order valence-electron chi connectivity index (χ0n) is 9.69. The predicted octanol–water partition coefficient (Wildman–Crippen LogP) is 2.47. The maximum Gasteiger partial charge on any atom is 0.339 e. The zero-order valence-corrected chi connectivity index (χ0v) is 9.69. The number of hydrogen-bond donors (Lipinski definition) is 0. The number of benzene rings is 1. The van der Waals surface area contributed by atoms with Crippen molar-refractivity contribution >= 4 is 11.5 Å². The summed E-state index contributed by atoms with van der Waals surface area (Å²) in [6.07, 6.45) is 1.42. The summed E-state index contributed by atoms with van der Waals surface area (Å²) in [6, 6.07) is 9.79. The van der Waals surface area contributed by atoms with E-state index in [1.54, 1.807) is 6.92 Å². The van der Waals surface area contributed by atoms with Gasteiger partial charge < -0.3 is 4.74 Å². The van der Waals surface area contributed by atoms with Crippen LogP contribution in [0.4, 0.5) is 0 Å². The molecule has 1 aromatic rings. The SMILES string of the molecule is CCOC(=O)C1=C(C#N)CCc2ccccc21. The second-order valence-corrected chi connectivity index (χ2v) is 3.84. The van der Waals surface area contributed by atoms with Gasteiger partial charge in [0.15, 0.2) is 0 Å². The molecule has 0 aromatic heterocycles. The first-order chi connectivity index (χ1) is 8.27. The van der Waals surface area contributed by atoms with Crippen LogP contribution in [0.5, 0.6) is 0 Å². The molecule has 0 saturated carbocycles. The molecule has 0 unspecified atom stereocenters. The molecule has 0 bridgehead atoms. The van der Waals surface area contributed by atoms with Gasteiger partial charge in [0.25, 0.3) is 0 Å². The lowest BCUT2D eigenvalue weighted by Gasteiger charge is -2.18. The van der Waals surface area contributed by atoms with Gasteiger partial charge >= 0.3 is 5.97 Å². The first-order valence-electron chi connectivity index (χ1n) is 5.66. The van der Waals surface area contributed by atoms with E-state index in [-0.39, 0.29) is 0 Å². The quantitative estimate of drug-likeness (QED) is 0.729. The smallest absolute Gasteiger partial charge is 0.339 e. The van der Waals surface area contributed by atoms with E-state index >= 15 is 0 Å². The average Bonchev–Trinajstić information content (AvgIpc) is 2.37. The van der Waals surface area contributed by atoms with Gasteiger partial charge in [-0.3, -0.25) is 0 Å². The first kappa shape index (κ1) is 11.4. The number of ether oxygens (including phenoxy) is 1.